The van der Waals surface area contributed by atoms with Gasteiger partial charge in [0.1, 0.15) is 11.3 Å². The molecule has 10 heteroatoms. The highest BCUT2D eigenvalue weighted by Crippen LogP contribution is 2.44. The van der Waals surface area contributed by atoms with E-state index < -0.39 is 35.4 Å². The van der Waals surface area contributed by atoms with Gasteiger partial charge in [-0.25, -0.2) is 9.78 Å². The lowest BCUT2D eigenvalue weighted by molar-refractivity contribution is -0.136. The van der Waals surface area contributed by atoms with Gasteiger partial charge in [0.05, 0.1) is 30.3 Å². The summed E-state index contributed by atoms with van der Waals surface area (Å²) in [5, 5.41) is 3.09. The van der Waals surface area contributed by atoms with Gasteiger partial charge in [-0.2, -0.15) is 13.2 Å². The van der Waals surface area contributed by atoms with Crippen LogP contribution in [0.3, 0.4) is 0 Å². The van der Waals surface area contributed by atoms with Crippen LogP contribution in [-0.4, -0.2) is 59.8 Å². The molecule has 2 amide bonds. The van der Waals surface area contributed by atoms with Crippen molar-refractivity contribution in [3.8, 4) is 0 Å². The van der Waals surface area contributed by atoms with E-state index in [1.165, 1.54) is 11.0 Å². The first-order chi connectivity index (χ1) is 16.3. The van der Waals surface area contributed by atoms with Gasteiger partial charge in [-0.05, 0) is 75.8 Å². The van der Waals surface area contributed by atoms with Crippen molar-refractivity contribution in [3.05, 3.63) is 40.6 Å². The van der Waals surface area contributed by atoms with Gasteiger partial charge in [0.15, 0.2) is 0 Å². The van der Waals surface area contributed by atoms with E-state index in [0.717, 1.165) is 18.9 Å². The average molecular weight is 494 g/mol. The van der Waals surface area contributed by atoms with Crippen LogP contribution in [0.2, 0.25) is 0 Å². The Hall–Kier alpha value is -2.88. The average Bonchev–Trinajstić information content (AvgIpc) is 3.60. The number of hydrogen-bond donors (Lipinski definition) is 1. The SMILES string of the molecule is Cc1cc(C(=O)NCC2COCCN2C(=O)OC(C)(C)C)nc2c(C(F)(F)F)cc(C3CC3)cc12. The number of halogens is 3. The number of benzene rings is 1. The number of carbonyl (C=O) groups excluding carboxylic acids is 2. The standard InChI is InChI=1S/C25H30F3N3O4/c1-14-9-20(30-21-18(14)10-16(15-5-6-15)11-19(21)25(26,27)28)22(32)29-12-17-13-34-8-7-31(17)23(33)35-24(2,3)4/h9-11,15,17H,5-8,12-13H2,1-4H3,(H,29,32). The second-order valence-corrected chi connectivity index (χ2v) is 10.2. The van der Waals surface area contributed by atoms with Crippen molar-refractivity contribution in [1.29, 1.82) is 0 Å². The molecule has 1 aromatic carbocycles. The van der Waals surface area contributed by atoms with Crippen LogP contribution in [0.1, 0.15) is 66.7 Å². The fraction of sp³-hybridized carbons (Fsp3) is 0.560. The van der Waals surface area contributed by atoms with Gasteiger partial charge >= 0.3 is 12.3 Å². The summed E-state index contributed by atoms with van der Waals surface area (Å²) in [5.41, 5.74) is -0.642. The lowest BCUT2D eigenvalue weighted by Gasteiger charge is -2.36. The van der Waals surface area contributed by atoms with Gasteiger partial charge in [0.25, 0.3) is 5.91 Å². The maximum Gasteiger partial charge on any atom is 0.418 e. The monoisotopic (exact) mass is 493 g/mol. The van der Waals surface area contributed by atoms with E-state index in [4.69, 9.17) is 9.47 Å². The number of hydrogen-bond acceptors (Lipinski definition) is 5. The van der Waals surface area contributed by atoms with Crippen molar-refractivity contribution in [3.63, 3.8) is 0 Å². The summed E-state index contributed by atoms with van der Waals surface area (Å²) in [6, 6.07) is 3.93. The summed E-state index contributed by atoms with van der Waals surface area (Å²) < 4.78 is 52.5. The predicted molar refractivity (Wildman–Crippen MR) is 123 cm³/mol. The fourth-order valence-electron chi connectivity index (χ4n) is 4.18. The number of morpholine rings is 1. The Bertz CT molecular complexity index is 1140. The smallest absolute Gasteiger partial charge is 0.418 e. The van der Waals surface area contributed by atoms with Gasteiger partial charge in [0, 0.05) is 18.5 Å². The number of carbonyl (C=O) groups is 2. The Morgan fingerprint density at radius 3 is 2.54 bits per heavy atom. The molecule has 2 heterocycles. The van der Waals surface area contributed by atoms with E-state index >= 15 is 0 Å². The second-order valence-electron chi connectivity index (χ2n) is 10.2. The van der Waals surface area contributed by atoms with Crippen molar-refractivity contribution < 1.29 is 32.2 Å². The number of nitrogens with zero attached hydrogens (tertiary/aromatic N) is 2. The van der Waals surface area contributed by atoms with Crippen LogP contribution >= 0.6 is 0 Å². The van der Waals surface area contributed by atoms with Gasteiger partial charge < -0.3 is 14.8 Å². The summed E-state index contributed by atoms with van der Waals surface area (Å²) >= 11 is 0. The Kier molecular flexibility index (Phi) is 6.70. The summed E-state index contributed by atoms with van der Waals surface area (Å²) in [4.78, 5) is 31.1. The molecule has 1 aliphatic carbocycles. The Labute approximate surface area is 202 Å². The molecule has 1 saturated heterocycles. The molecule has 190 valence electrons. The van der Waals surface area contributed by atoms with Crippen molar-refractivity contribution in [1.82, 2.24) is 15.2 Å². The molecule has 2 aliphatic rings. The quantitative estimate of drug-likeness (QED) is 0.662. The molecule has 1 aromatic heterocycles. The number of alkyl halides is 3. The number of nitrogens with one attached hydrogen (secondary N) is 1. The number of rotatable bonds is 4. The van der Waals surface area contributed by atoms with E-state index in [9.17, 15) is 22.8 Å². The fourth-order valence-corrected chi connectivity index (χ4v) is 4.18. The minimum absolute atomic E-state index is 0.0452. The Morgan fingerprint density at radius 2 is 1.91 bits per heavy atom. The van der Waals surface area contributed by atoms with Crippen LogP contribution in [0.25, 0.3) is 10.9 Å². The number of aromatic nitrogens is 1. The predicted octanol–water partition coefficient (Wildman–Crippen LogP) is 4.81. The van der Waals surface area contributed by atoms with Crippen molar-refractivity contribution in [2.24, 2.45) is 0 Å². The molecular weight excluding hydrogens is 463 g/mol. The van der Waals surface area contributed by atoms with E-state index in [0.29, 0.717) is 29.7 Å². The number of fused-ring (bicyclic) bond motifs is 1. The van der Waals surface area contributed by atoms with Crippen LogP contribution in [0.5, 0.6) is 0 Å². The molecule has 1 N–H and O–H groups in total. The van der Waals surface area contributed by atoms with Crippen LogP contribution < -0.4 is 5.32 Å². The van der Waals surface area contributed by atoms with Crippen LogP contribution in [0.4, 0.5) is 18.0 Å². The molecule has 0 bridgehead atoms. The molecule has 2 fully saturated rings. The van der Waals surface area contributed by atoms with Crippen molar-refractivity contribution in [2.45, 2.75) is 64.3 Å². The molecular formula is C25H30F3N3O4. The largest absolute Gasteiger partial charge is 0.444 e. The highest BCUT2D eigenvalue weighted by atomic mass is 19.4. The topological polar surface area (TPSA) is 80.8 Å². The molecule has 1 unspecified atom stereocenters. The van der Waals surface area contributed by atoms with Crippen LogP contribution in [0.15, 0.2) is 18.2 Å². The van der Waals surface area contributed by atoms with Gasteiger partial charge in [0.2, 0.25) is 0 Å². The summed E-state index contributed by atoms with van der Waals surface area (Å²) in [6.45, 7) is 7.86. The molecule has 1 atom stereocenters. The van der Waals surface area contributed by atoms with E-state index in [2.05, 4.69) is 10.3 Å². The highest BCUT2D eigenvalue weighted by molar-refractivity contribution is 5.97. The first-order valence-corrected chi connectivity index (χ1v) is 11.7. The number of pyridine rings is 1. The molecule has 1 aliphatic heterocycles. The Balaban J connectivity index is 1.56. The third kappa shape index (κ3) is 5.86. The van der Waals surface area contributed by atoms with Crippen molar-refractivity contribution >= 4 is 22.9 Å². The number of aryl methyl sites for hydroxylation is 1. The maximum atomic E-state index is 13.9. The van der Waals surface area contributed by atoms with Crippen LogP contribution in [0, 0.1) is 6.92 Å². The lowest BCUT2D eigenvalue weighted by Crippen LogP contribution is -2.54. The molecule has 0 spiro atoms. The van der Waals surface area contributed by atoms with E-state index in [1.54, 1.807) is 33.8 Å². The van der Waals surface area contributed by atoms with E-state index in [-0.39, 0.29) is 30.3 Å². The minimum atomic E-state index is -4.59. The molecule has 1 saturated carbocycles. The zero-order valence-corrected chi connectivity index (χ0v) is 20.3. The van der Waals surface area contributed by atoms with E-state index in [1.807, 2.05) is 0 Å². The minimum Gasteiger partial charge on any atom is -0.444 e. The van der Waals surface area contributed by atoms with Crippen molar-refractivity contribution in [2.75, 3.05) is 26.3 Å². The molecule has 4 rings (SSSR count). The molecule has 0 radical (unpaired) electrons. The molecule has 7 nitrogen and oxygen atoms in total. The number of ether oxygens (including phenoxy) is 2. The Morgan fingerprint density at radius 1 is 1.20 bits per heavy atom. The first kappa shape index (κ1) is 25.2. The zero-order valence-electron chi connectivity index (χ0n) is 20.3. The summed E-state index contributed by atoms with van der Waals surface area (Å²) in [7, 11) is 0. The first-order valence-electron chi connectivity index (χ1n) is 11.7. The highest BCUT2D eigenvalue weighted by Gasteiger charge is 2.36. The van der Waals surface area contributed by atoms with Gasteiger partial charge in [-0.3, -0.25) is 9.69 Å². The third-order valence-electron chi connectivity index (χ3n) is 6.08. The normalized spacial score (nSPS) is 19.1. The molecule has 35 heavy (non-hydrogen) atoms. The maximum absolute atomic E-state index is 13.9. The van der Waals surface area contributed by atoms with Crippen LogP contribution in [-0.2, 0) is 15.7 Å². The molecule has 2 aromatic rings. The summed E-state index contributed by atoms with van der Waals surface area (Å²) in [6.07, 6.45) is -3.35. The summed E-state index contributed by atoms with van der Waals surface area (Å²) in [5.74, 6) is -0.474. The third-order valence-corrected chi connectivity index (χ3v) is 6.08. The number of amides is 2. The zero-order chi connectivity index (χ0) is 25.5. The second kappa shape index (κ2) is 9.29. The van der Waals surface area contributed by atoms with Gasteiger partial charge in [-0.1, -0.05) is 0 Å². The van der Waals surface area contributed by atoms with Gasteiger partial charge in [-0.15, -0.1) is 0 Å². The lowest BCUT2D eigenvalue weighted by atomic mass is 9.98.